The molecule has 1 amide bonds. The van der Waals surface area contributed by atoms with Crippen molar-refractivity contribution in [2.24, 2.45) is 0 Å². The molecule has 0 aliphatic carbocycles. The van der Waals surface area contributed by atoms with Gasteiger partial charge in [0.1, 0.15) is 5.82 Å². The van der Waals surface area contributed by atoms with Crippen molar-refractivity contribution < 1.29 is 9.18 Å². The van der Waals surface area contributed by atoms with Crippen molar-refractivity contribution in [1.29, 1.82) is 0 Å². The highest BCUT2D eigenvalue weighted by Crippen LogP contribution is 2.12. The van der Waals surface area contributed by atoms with Crippen molar-refractivity contribution in [2.45, 2.75) is 27.3 Å². The Kier molecular flexibility index (Phi) is 4.18. The van der Waals surface area contributed by atoms with E-state index >= 15 is 0 Å². The highest BCUT2D eigenvalue weighted by molar-refractivity contribution is 5.95. The normalized spacial score (nSPS) is 10.4. The molecule has 1 N–H and O–H groups in total. The number of nitrogens with one attached hydrogen (secondary N) is 1. The van der Waals surface area contributed by atoms with Gasteiger partial charge in [-0.25, -0.2) is 4.39 Å². The molecule has 0 heterocycles. The van der Waals surface area contributed by atoms with E-state index < -0.39 is 0 Å². The molecule has 2 aromatic rings. The van der Waals surface area contributed by atoms with Crippen LogP contribution in [0.15, 0.2) is 36.4 Å². The zero-order chi connectivity index (χ0) is 14.7. The second-order valence-corrected chi connectivity index (χ2v) is 5.08. The minimum absolute atomic E-state index is 0.104. The molecule has 2 aromatic carbocycles. The topological polar surface area (TPSA) is 29.1 Å². The van der Waals surface area contributed by atoms with Gasteiger partial charge in [-0.3, -0.25) is 4.79 Å². The van der Waals surface area contributed by atoms with Crippen LogP contribution in [-0.4, -0.2) is 5.91 Å². The summed E-state index contributed by atoms with van der Waals surface area (Å²) in [5.41, 5.74) is 4.16. The van der Waals surface area contributed by atoms with Gasteiger partial charge in [0.25, 0.3) is 5.91 Å². The SMILES string of the molecule is Cc1ccc(C)c(C(=O)NCc2ccc(F)c(C)c2)c1. The van der Waals surface area contributed by atoms with Gasteiger partial charge in [-0.1, -0.05) is 29.8 Å². The van der Waals surface area contributed by atoms with Crippen LogP contribution < -0.4 is 5.32 Å². The number of carbonyl (C=O) groups is 1. The van der Waals surface area contributed by atoms with Crippen LogP contribution in [0.4, 0.5) is 4.39 Å². The highest BCUT2D eigenvalue weighted by atomic mass is 19.1. The lowest BCUT2D eigenvalue weighted by atomic mass is 10.0. The minimum Gasteiger partial charge on any atom is -0.348 e. The molecule has 0 unspecified atom stereocenters. The fourth-order valence-corrected chi connectivity index (χ4v) is 2.07. The number of amides is 1. The lowest BCUT2D eigenvalue weighted by Gasteiger charge is -2.09. The largest absolute Gasteiger partial charge is 0.348 e. The van der Waals surface area contributed by atoms with Gasteiger partial charge in [0.2, 0.25) is 0 Å². The van der Waals surface area contributed by atoms with Gasteiger partial charge in [-0.15, -0.1) is 0 Å². The molecule has 3 heteroatoms. The lowest BCUT2D eigenvalue weighted by Crippen LogP contribution is -2.23. The van der Waals surface area contributed by atoms with Crippen LogP contribution in [0, 0.1) is 26.6 Å². The van der Waals surface area contributed by atoms with E-state index in [0.29, 0.717) is 17.7 Å². The second-order valence-electron chi connectivity index (χ2n) is 5.08. The Bertz CT molecular complexity index is 649. The summed E-state index contributed by atoms with van der Waals surface area (Å²) in [6, 6.07) is 10.7. The third-order valence-electron chi connectivity index (χ3n) is 3.31. The molecule has 0 atom stereocenters. The van der Waals surface area contributed by atoms with Gasteiger partial charge in [0.05, 0.1) is 0 Å². The molecular formula is C17H18FNO. The standard InChI is InChI=1S/C17H18FNO/c1-11-4-5-12(2)15(8-11)17(20)19-10-14-6-7-16(18)13(3)9-14/h4-9H,10H2,1-3H3,(H,19,20). The third kappa shape index (κ3) is 3.23. The maximum absolute atomic E-state index is 13.2. The van der Waals surface area contributed by atoms with Crippen LogP contribution in [0.25, 0.3) is 0 Å². The number of carbonyl (C=O) groups excluding carboxylic acids is 1. The number of halogens is 1. The van der Waals surface area contributed by atoms with Crippen molar-refractivity contribution >= 4 is 5.91 Å². The first kappa shape index (κ1) is 14.3. The van der Waals surface area contributed by atoms with Crippen molar-refractivity contribution in [1.82, 2.24) is 5.32 Å². The average Bonchev–Trinajstić information content (AvgIpc) is 2.42. The molecule has 0 bridgehead atoms. The summed E-state index contributed by atoms with van der Waals surface area (Å²) in [6.07, 6.45) is 0. The predicted molar refractivity (Wildman–Crippen MR) is 78.2 cm³/mol. The second kappa shape index (κ2) is 5.87. The molecular weight excluding hydrogens is 253 g/mol. The first-order chi connectivity index (χ1) is 9.47. The Morgan fingerprint density at radius 1 is 1.05 bits per heavy atom. The zero-order valence-electron chi connectivity index (χ0n) is 12.0. The summed E-state index contributed by atoms with van der Waals surface area (Å²) in [7, 11) is 0. The Labute approximate surface area is 118 Å². The molecule has 2 nitrogen and oxygen atoms in total. The van der Waals surface area contributed by atoms with Crippen LogP contribution in [-0.2, 0) is 6.54 Å². The molecule has 104 valence electrons. The molecule has 0 aliphatic rings. The van der Waals surface area contributed by atoms with E-state index in [4.69, 9.17) is 0 Å². The first-order valence-electron chi connectivity index (χ1n) is 6.58. The minimum atomic E-state index is -0.227. The molecule has 20 heavy (non-hydrogen) atoms. The maximum atomic E-state index is 13.2. The smallest absolute Gasteiger partial charge is 0.251 e. The molecule has 2 rings (SSSR count). The quantitative estimate of drug-likeness (QED) is 0.906. The van der Waals surface area contributed by atoms with Gasteiger partial charge < -0.3 is 5.32 Å². The van der Waals surface area contributed by atoms with E-state index in [1.54, 1.807) is 19.1 Å². The molecule has 0 aliphatic heterocycles. The molecule has 0 saturated heterocycles. The number of hydrogen-bond donors (Lipinski definition) is 1. The summed E-state index contributed by atoms with van der Waals surface area (Å²) in [5.74, 6) is -0.331. The van der Waals surface area contributed by atoms with E-state index in [1.165, 1.54) is 6.07 Å². The van der Waals surface area contributed by atoms with Gasteiger partial charge in [-0.2, -0.15) is 0 Å². The van der Waals surface area contributed by atoms with Crippen LogP contribution in [0.5, 0.6) is 0 Å². The fraction of sp³-hybridized carbons (Fsp3) is 0.235. The van der Waals surface area contributed by atoms with Crippen LogP contribution >= 0.6 is 0 Å². The van der Waals surface area contributed by atoms with E-state index in [2.05, 4.69) is 5.32 Å². The summed E-state index contributed by atoms with van der Waals surface area (Å²) >= 11 is 0. The van der Waals surface area contributed by atoms with Crippen molar-refractivity contribution in [3.8, 4) is 0 Å². The molecule has 0 aromatic heterocycles. The molecule has 0 saturated carbocycles. The van der Waals surface area contributed by atoms with Gasteiger partial charge in [0, 0.05) is 12.1 Å². The summed E-state index contributed by atoms with van der Waals surface area (Å²) in [6.45, 7) is 5.98. The first-order valence-corrected chi connectivity index (χ1v) is 6.58. The monoisotopic (exact) mass is 271 g/mol. The Morgan fingerprint density at radius 2 is 1.80 bits per heavy atom. The Morgan fingerprint density at radius 3 is 2.50 bits per heavy atom. The van der Waals surface area contributed by atoms with Gasteiger partial charge in [-0.05, 0) is 49.6 Å². The van der Waals surface area contributed by atoms with Gasteiger partial charge in [0.15, 0.2) is 0 Å². The number of rotatable bonds is 3. The molecule has 0 radical (unpaired) electrons. The summed E-state index contributed by atoms with van der Waals surface area (Å²) in [4.78, 5) is 12.2. The number of aryl methyl sites for hydroxylation is 3. The highest BCUT2D eigenvalue weighted by Gasteiger charge is 2.09. The van der Waals surface area contributed by atoms with Gasteiger partial charge >= 0.3 is 0 Å². The number of benzene rings is 2. The van der Waals surface area contributed by atoms with E-state index in [0.717, 1.165) is 16.7 Å². The van der Waals surface area contributed by atoms with E-state index in [-0.39, 0.29) is 11.7 Å². The third-order valence-corrected chi connectivity index (χ3v) is 3.31. The maximum Gasteiger partial charge on any atom is 0.251 e. The fourth-order valence-electron chi connectivity index (χ4n) is 2.07. The van der Waals surface area contributed by atoms with Crippen molar-refractivity contribution in [2.75, 3.05) is 0 Å². The van der Waals surface area contributed by atoms with E-state index in [9.17, 15) is 9.18 Å². The number of hydrogen-bond acceptors (Lipinski definition) is 1. The lowest BCUT2D eigenvalue weighted by molar-refractivity contribution is 0.0950. The van der Waals surface area contributed by atoms with E-state index in [1.807, 2.05) is 32.0 Å². The average molecular weight is 271 g/mol. The Hall–Kier alpha value is -2.16. The molecule has 0 fully saturated rings. The van der Waals surface area contributed by atoms with Crippen molar-refractivity contribution in [3.63, 3.8) is 0 Å². The van der Waals surface area contributed by atoms with Crippen LogP contribution in [0.1, 0.15) is 32.6 Å². The van der Waals surface area contributed by atoms with Crippen LogP contribution in [0.2, 0.25) is 0 Å². The Balaban J connectivity index is 2.08. The van der Waals surface area contributed by atoms with Crippen LogP contribution in [0.3, 0.4) is 0 Å². The predicted octanol–water partition coefficient (Wildman–Crippen LogP) is 3.68. The summed E-state index contributed by atoms with van der Waals surface area (Å²) in [5, 5.41) is 2.87. The zero-order valence-corrected chi connectivity index (χ0v) is 12.0. The van der Waals surface area contributed by atoms with Crippen molar-refractivity contribution in [3.05, 3.63) is 70.0 Å². The summed E-state index contributed by atoms with van der Waals surface area (Å²) < 4.78 is 13.2. The molecule has 0 spiro atoms.